The summed E-state index contributed by atoms with van der Waals surface area (Å²) in [5.74, 6) is 0.00663. The SMILES string of the molecule is O=C(/C=C(\C=C\c1ccccc1)c1ccccc1)c1ccccc1. The van der Waals surface area contributed by atoms with E-state index in [4.69, 9.17) is 0 Å². The number of ketones is 1. The van der Waals surface area contributed by atoms with Crippen molar-refractivity contribution >= 4 is 17.4 Å². The van der Waals surface area contributed by atoms with Crippen molar-refractivity contribution in [1.82, 2.24) is 0 Å². The predicted octanol–water partition coefficient (Wildman–Crippen LogP) is 5.67. The normalized spacial score (nSPS) is 11.6. The molecule has 0 aliphatic heterocycles. The third-order valence-corrected chi connectivity index (χ3v) is 3.71. The van der Waals surface area contributed by atoms with Crippen LogP contribution in [0.4, 0.5) is 0 Å². The van der Waals surface area contributed by atoms with Gasteiger partial charge in [0.25, 0.3) is 0 Å². The molecule has 0 amide bonds. The molecule has 1 heteroatoms. The monoisotopic (exact) mass is 310 g/mol. The molecule has 0 N–H and O–H groups in total. The van der Waals surface area contributed by atoms with Gasteiger partial charge in [-0.1, -0.05) is 103 Å². The first-order valence-corrected chi connectivity index (χ1v) is 7.92. The van der Waals surface area contributed by atoms with Gasteiger partial charge in [0.05, 0.1) is 0 Å². The summed E-state index contributed by atoms with van der Waals surface area (Å²) in [6.45, 7) is 0. The van der Waals surface area contributed by atoms with Gasteiger partial charge in [0.1, 0.15) is 0 Å². The van der Waals surface area contributed by atoms with Crippen LogP contribution in [0, 0.1) is 0 Å². The molecule has 0 aromatic heterocycles. The van der Waals surface area contributed by atoms with E-state index >= 15 is 0 Å². The summed E-state index contributed by atoms with van der Waals surface area (Å²) in [5, 5.41) is 0. The number of hydrogen-bond acceptors (Lipinski definition) is 1. The fourth-order valence-corrected chi connectivity index (χ4v) is 2.44. The largest absolute Gasteiger partial charge is 0.289 e. The number of benzene rings is 3. The van der Waals surface area contributed by atoms with Crippen molar-refractivity contribution in [2.45, 2.75) is 0 Å². The average Bonchev–Trinajstić information content (AvgIpc) is 2.67. The summed E-state index contributed by atoms with van der Waals surface area (Å²) in [5.41, 5.74) is 3.72. The van der Waals surface area contributed by atoms with Crippen LogP contribution in [0.5, 0.6) is 0 Å². The van der Waals surface area contributed by atoms with Crippen LogP contribution in [0.15, 0.2) is 103 Å². The lowest BCUT2D eigenvalue weighted by atomic mass is 10.0. The predicted molar refractivity (Wildman–Crippen MR) is 101 cm³/mol. The molecule has 0 aliphatic carbocycles. The molecular formula is C23H18O. The van der Waals surface area contributed by atoms with E-state index in [0.717, 1.165) is 16.7 Å². The molecule has 0 saturated heterocycles. The third kappa shape index (κ3) is 4.17. The Balaban J connectivity index is 1.95. The van der Waals surface area contributed by atoms with Crippen molar-refractivity contribution in [1.29, 1.82) is 0 Å². The number of carbonyl (C=O) groups is 1. The van der Waals surface area contributed by atoms with Crippen molar-refractivity contribution in [3.8, 4) is 0 Å². The van der Waals surface area contributed by atoms with E-state index < -0.39 is 0 Å². The number of hydrogen-bond donors (Lipinski definition) is 0. The van der Waals surface area contributed by atoms with Gasteiger partial charge in [-0.15, -0.1) is 0 Å². The Labute approximate surface area is 142 Å². The van der Waals surface area contributed by atoms with E-state index in [1.807, 2.05) is 103 Å². The number of carbonyl (C=O) groups excluding carboxylic acids is 1. The maximum Gasteiger partial charge on any atom is 0.186 e. The first-order chi connectivity index (χ1) is 11.8. The molecule has 3 rings (SSSR count). The Hall–Kier alpha value is -3.19. The van der Waals surface area contributed by atoms with E-state index in [0.29, 0.717) is 5.56 Å². The molecule has 0 fully saturated rings. The van der Waals surface area contributed by atoms with E-state index in [1.165, 1.54) is 0 Å². The molecule has 3 aromatic rings. The Morgan fingerprint density at radius 1 is 0.625 bits per heavy atom. The lowest BCUT2D eigenvalue weighted by Crippen LogP contribution is -1.95. The standard InChI is InChI=1S/C23H18O/c24-23(21-14-8-3-9-15-21)18-22(20-12-6-2-7-13-20)17-16-19-10-4-1-5-11-19/h1-18H/b17-16+,22-18+. The highest BCUT2D eigenvalue weighted by molar-refractivity contribution is 6.09. The van der Waals surface area contributed by atoms with E-state index in [-0.39, 0.29) is 5.78 Å². The molecule has 0 bridgehead atoms. The molecule has 1 nitrogen and oxygen atoms in total. The first-order valence-electron chi connectivity index (χ1n) is 7.92. The summed E-state index contributed by atoms with van der Waals surface area (Å²) < 4.78 is 0. The Bertz CT molecular complexity index is 844. The zero-order chi connectivity index (χ0) is 16.6. The second kappa shape index (κ2) is 7.89. The van der Waals surface area contributed by atoms with Crippen molar-refractivity contribution in [2.24, 2.45) is 0 Å². The molecule has 0 heterocycles. The molecule has 0 saturated carbocycles. The van der Waals surface area contributed by atoms with Crippen LogP contribution in [-0.2, 0) is 0 Å². The summed E-state index contributed by atoms with van der Waals surface area (Å²) in [4.78, 5) is 12.5. The minimum absolute atomic E-state index is 0.00663. The van der Waals surface area contributed by atoms with Crippen molar-refractivity contribution in [2.75, 3.05) is 0 Å². The van der Waals surface area contributed by atoms with Gasteiger partial charge in [0, 0.05) is 5.56 Å². The molecule has 116 valence electrons. The van der Waals surface area contributed by atoms with Crippen LogP contribution < -0.4 is 0 Å². The van der Waals surface area contributed by atoms with Gasteiger partial charge in [0.15, 0.2) is 5.78 Å². The van der Waals surface area contributed by atoms with Gasteiger partial charge in [0.2, 0.25) is 0 Å². The lowest BCUT2D eigenvalue weighted by Gasteiger charge is -2.03. The van der Waals surface area contributed by atoms with Crippen molar-refractivity contribution in [3.05, 3.63) is 120 Å². The van der Waals surface area contributed by atoms with Gasteiger partial charge < -0.3 is 0 Å². The van der Waals surface area contributed by atoms with Crippen LogP contribution in [-0.4, -0.2) is 5.78 Å². The van der Waals surface area contributed by atoms with Crippen LogP contribution in [0.2, 0.25) is 0 Å². The van der Waals surface area contributed by atoms with Crippen LogP contribution in [0.3, 0.4) is 0 Å². The summed E-state index contributed by atoms with van der Waals surface area (Å²) in [6.07, 6.45) is 5.72. The molecular weight excluding hydrogens is 292 g/mol. The topological polar surface area (TPSA) is 17.1 Å². The highest BCUT2D eigenvalue weighted by atomic mass is 16.1. The Morgan fingerprint density at radius 3 is 1.71 bits per heavy atom. The van der Waals surface area contributed by atoms with Gasteiger partial charge >= 0.3 is 0 Å². The fraction of sp³-hybridized carbons (Fsp3) is 0. The van der Waals surface area contributed by atoms with Gasteiger partial charge in [-0.2, -0.15) is 0 Å². The van der Waals surface area contributed by atoms with Crippen LogP contribution in [0.1, 0.15) is 21.5 Å². The van der Waals surface area contributed by atoms with E-state index in [1.54, 1.807) is 6.08 Å². The molecule has 24 heavy (non-hydrogen) atoms. The van der Waals surface area contributed by atoms with Gasteiger partial charge in [-0.05, 0) is 22.8 Å². The lowest BCUT2D eigenvalue weighted by molar-refractivity contribution is 0.104. The summed E-state index contributed by atoms with van der Waals surface area (Å²) >= 11 is 0. The molecule has 0 unspecified atom stereocenters. The van der Waals surface area contributed by atoms with Crippen LogP contribution in [0.25, 0.3) is 11.6 Å². The average molecular weight is 310 g/mol. The molecule has 0 atom stereocenters. The van der Waals surface area contributed by atoms with Crippen molar-refractivity contribution in [3.63, 3.8) is 0 Å². The van der Waals surface area contributed by atoms with Gasteiger partial charge in [-0.25, -0.2) is 0 Å². The van der Waals surface area contributed by atoms with Crippen molar-refractivity contribution < 1.29 is 4.79 Å². The summed E-state index contributed by atoms with van der Waals surface area (Å²) in [7, 11) is 0. The Kier molecular flexibility index (Phi) is 5.16. The van der Waals surface area contributed by atoms with Gasteiger partial charge in [-0.3, -0.25) is 4.79 Å². The van der Waals surface area contributed by atoms with E-state index in [9.17, 15) is 4.79 Å². The Morgan fingerprint density at radius 2 is 1.12 bits per heavy atom. The molecule has 3 aromatic carbocycles. The first kappa shape index (κ1) is 15.7. The fourth-order valence-electron chi connectivity index (χ4n) is 2.44. The zero-order valence-electron chi connectivity index (χ0n) is 13.3. The highest BCUT2D eigenvalue weighted by Gasteiger charge is 2.04. The summed E-state index contributed by atoms with van der Waals surface area (Å²) in [6, 6.07) is 29.4. The quantitative estimate of drug-likeness (QED) is 0.337. The highest BCUT2D eigenvalue weighted by Crippen LogP contribution is 2.18. The molecule has 0 spiro atoms. The zero-order valence-corrected chi connectivity index (χ0v) is 13.3. The molecule has 0 aliphatic rings. The maximum absolute atomic E-state index is 12.5. The van der Waals surface area contributed by atoms with E-state index in [2.05, 4.69) is 0 Å². The minimum atomic E-state index is 0.00663. The third-order valence-electron chi connectivity index (χ3n) is 3.71. The minimum Gasteiger partial charge on any atom is -0.289 e. The smallest absolute Gasteiger partial charge is 0.186 e. The maximum atomic E-state index is 12.5. The second-order valence-corrected chi connectivity index (χ2v) is 5.44. The number of allylic oxidation sites excluding steroid dienone is 3. The second-order valence-electron chi connectivity index (χ2n) is 5.44. The number of rotatable bonds is 5. The van der Waals surface area contributed by atoms with Crippen LogP contribution >= 0.6 is 0 Å². The molecule has 0 radical (unpaired) electrons.